The first-order chi connectivity index (χ1) is 3.50. The number of halogens is 2. The van der Waals surface area contributed by atoms with Gasteiger partial charge >= 0.3 is 5.92 Å². The Morgan fingerprint density at radius 3 is 1.88 bits per heavy atom. The van der Waals surface area contributed by atoms with Gasteiger partial charge in [0.15, 0.2) is 0 Å². The van der Waals surface area contributed by atoms with Crippen molar-refractivity contribution in [3.8, 4) is 0 Å². The fourth-order valence-corrected chi connectivity index (χ4v) is 0.118. The summed E-state index contributed by atoms with van der Waals surface area (Å²) in [5.41, 5.74) is 0. The van der Waals surface area contributed by atoms with E-state index in [0.29, 0.717) is 6.29 Å². The maximum Gasteiger partial charge on any atom is 0.315 e. The van der Waals surface area contributed by atoms with Gasteiger partial charge in [-0.1, -0.05) is 13.8 Å². The van der Waals surface area contributed by atoms with Gasteiger partial charge in [0.1, 0.15) is 0 Å². The van der Waals surface area contributed by atoms with Gasteiger partial charge in [0, 0.05) is 5.92 Å². The van der Waals surface area contributed by atoms with Gasteiger partial charge in [-0.3, -0.25) is 4.79 Å². The van der Waals surface area contributed by atoms with Gasteiger partial charge in [-0.05, 0) is 0 Å². The SMILES string of the molecule is CC(C)C(F)(F)[C]=O. The molecule has 0 aliphatic rings. The van der Waals surface area contributed by atoms with Crippen molar-refractivity contribution in [3.05, 3.63) is 0 Å². The van der Waals surface area contributed by atoms with E-state index in [1.54, 1.807) is 0 Å². The molecule has 0 atom stereocenters. The van der Waals surface area contributed by atoms with Crippen molar-refractivity contribution in [2.45, 2.75) is 19.8 Å². The Morgan fingerprint density at radius 1 is 1.50 bits per heavy atom. The van der Waals surface area contributed by atoms with Crippen molar-refractivity contribution in [1.82, 2.24) is 0 Å². The van der Waals surface area contributed by atoms with Crippen molar-refractivity contribution in [2.24, 2.45) is 5.92 Å². The molecule has 0 spiro atoms. The van der Waals surface area contributed by atoms with Crippen LogP contribution in [0.15, 0.2) is 0 Å². The summed E-state index contributed by atoms with van der Waals surface area (Å²) in [6.07, 6.45) is 0.657. The fourth-order valence-electron chi connectivity index (χ4n) is 0.118. The molecule has 0 aliphatic heterocycles. The normalized spacial score (nSPS) is 12.1. The Kier molecular flexibility index (Phi) is 2.07. The molecule has 0 aromatic rings. The molecule has 1 nitrogen and oxygen atoms in total. The van der Waals surface area contributed by atoms with Crippen LogP contribution in [0.25, 0.3) is 0 Å². The van der Waals surface area contributed by atoms with E-state index in [1.165, 1.54) is 13.8 Å². The van der Waals surface area contributed by atoms with E-state index in [-0.39, 0.29) is 0 Å². The van der Waals surface area contributed by atoms with Crippen LogP contribution >= 0.6 is 0 Å². The fraction of sp³-hybridized carbons (Fsp3) is 0.800. The molecule has 0 saturated carbocycles. The van der Waals surface area contributed by atoms with Gasteiger partial charge in [-0.2, -0.15) is 8.78 Å². The van der Waals surface area contributed by atoms with Gasteiger partial charge in [0.25, 0.3) is 6.29 Å². The first-order valence-electron chi connectivity index (χ1n) is 2.28. The van der Waals surface area contributed by atoms with E-state index in [4.69, 9.17) is 0 Å². The molecule has 0 heterocycles. The van der Waals surface area contributed by atoms with Crippen molar-refractivity contribution in [2.75, 3.05) is 0 Å². The molecular weight excluding hydrogens is 114 g/mol. The van der Waals surface area contributed by atoms with Crippen molar-refractivity contribution in [3.63, 3.8) is 0 Å². The van der Waals surface area contributed by atoms with Crippen LogP contribution in [0.1, 0.15) is 13.8 Å². The lowest BCUT2D eigenvalue weighted by Crippen LogP contribution is -2.24. The topological polar surface area (TPSA) is 17.1 Å². The zero-order chi connectivity index (χ0) is 6.78. The first kappa shape index (κ1) is 7.53. The third-order valence-electron chi connectivity index (χ3n) is 0.861. The van der Waals surface area contributed by atoms with Crippen LogP contribution in [0.5, 0.6) is 0 Å². The smallest absolute Gasteiger partial charge is 0.284 e. The van der Waals surface area contributed by atoms with Crippen LogP contribution in [-0.2, 0) is 4.79 Å². The number of alkyl halides is 2. The lowest BCUT2D eigenvalue weighted by atomic mass is 10.1. The van der Waals surface area contributed by atoms with E-state index in [2.05, 4.69) is 0 Å². The van der Waals surface area contributed by atoms with Gasteiger partial charge < -0.3 is 0 Å². The molecule has 0 rings (SSSR count). The molecule has 0 saturated heterocycles. The molecule has 0 fully saturated rings. The predicted octanol–water partition coefficient (Wildman–Crippen LogP) is 1.39. The standard InChI is InChI=1S/C5H7F2O/c1-4(2)5(6,7)3-8/h4H,1-2H3. The van der Waals surface area contributed by atoms with Gasteiger partial charge in [0.2, 0.25) is 0 Å². The van der Waals surface area contributed by atoms with Crippen LogP contribution in [0.4, 0.5) is 8.78 Å². The largest absolute Gasteiger partial charge is 0.315 e. The van der Waals surface area contributed by atoms with Crippen LogP contribution < -0.4 is 0 Å². The van der Waals surface area contributed by atoms with Gasteiger partial charge in [-0.15, -0.1) is 0 Å². The van der Waals surface area contributed by atoms with Gasteiger partial charge in [0.05, 0.1) is 0 Å². The third-order valence-corrected chi connectivity index (χ3v) is 0.861. The van der Waals surface area contributed by atoms with E-state index in [0.717, 1.165) is 0 Å². The monoisotopic (exact) mass is 121 g/mol. The van der Waals surface area contributed by atoms with Crippen molar-refractivity contribution >= 4 is 6.29 Å². The third kappa shape index (κ3) is 1.56. The summed E-state index contributed by atoms with van der Waals surface area (Å²) in [6, 6.07) is 0. The number of hydrogen-bond acceptors (Lipinski definition) is 1. The van der Waals surface area contributed by atoms with E-state index in [9.17, 15) is 13.6 Å². The maximum absolute atomic E-state index is 11.9. The van der Waals surface area contributed by atoms with E-state index < -0.39 is 11.8 Å². The molecule has 47 valence electrons. The van der Waals surface area contributed by atoms with Crippen LogP contribution in [0.3, 0.4) is 0 Å². The summed E-state index contributed by atoms with van der Waals surface area (Å²) < 4.78 is 23.7. The highest BCUT2D eigenvalue weighted by molar-refractivity contribution is 5.60. The second kappa shape index (κ2) is 2.20. The Bertz CT molecular complexity index is 88.4. The lowest BCUT2D eigenvalue weighted by molar-refractivity contribution is 0.0255. The molecule has 8 heavy (non-hydrogen) atoms. The number of carbonyl (C=O) groups excluding carboxylic acids is 1. The second-order valence-electron chi connectivity index (χ2n) is 1.88. The summed E-state index contributed by atoms with van der Waals surface area (Å²) >= 11 is 0. The number of rotatable bonds is 2. The minimum atomic E-state index is -3.26. The molecule has 0 unspecified atom stereocenters. The summed E-state index contributed by atoms with van der Waals surface area (Å²) in [6.45, 7) is 2.54. The molecule has 0 aromatic heterocycles. The molecular formula is C5H7F2O. The van der Waals surface area contributed by atoms with Crippen LogP contribution in [-0.4, -0.2) is 12.2 Å². The second-order valence-corrected chi connectivity index (χ2v) is 1.88. The van der Waals surface area contributed by atoms with E-state index >= 15 is 0 Å². The van der Waals surface area contributed by atoms with Crippen molar-refractivity contribution < 1.29 is 13.6 Å². The quantitative estimate of drug-likeness (QED) is 0.539. The zero-order valence-electron chi connectivity index (χ0n) is 4.74. The minimum Gasteiger partial charge on any atom is -0.284 e. The summed E-state index contributed by atoms with van der Waals surface area (Å²) in [7, 11) is 0. The van der Waals surface area contributed by atoms with Crippen molar-refractivity contribution in [1.29, 1.82) is 0 Å². The highest BCUT2D eigenvalue weighted by atomic mass is 19.3. The van der Waals surface area contributed by atoms with Gasteiger partial charge in [-0.25, -0.2) is 0 Å². The average molecular weight is 121 g/mol. The van der Waals surface area contributed by atoms with E-state index in [1.807, 2.05) is 0 Å². The molecule has 1 radical (unpaired) electrons. The molecule has 3 heteroatoms. The molecule has 0 N–H and O–H groups in total. The minimum absolute atomic E-state index is 0.657. The van der Waals surface area contributed by atoms with Crippen LogP contribution in [0, 0.1) is 5.92 Å². The average Bonchev–Trinajstić information content (AvgIpc) is 1.67. The molecule has 0 amide bonds. The summed E-state index contributed by atoms with van der Waals surface area (Å²) in [5.74, 6) is -4.21. The predicted molar refractivity (Wildman–Crippen MR) is 25.5 cm³/mol. The Balaban J connectivity index is 3.90. The zero-order valence-corrected chi connectivity index (χ0v) is 4.74. The maximum atomic E-state index is 11.9. The lowest BCUT2D eigenvalue weighted by Gasteiger charge is -2.09. The Morgan fingerprint density at radius 2 is 1.88 bits per heavy atom. The first-order valence-corrected chi connectivity index (χ1v) is 2.28. The highest BCUT2D eigenvalue weighted by Crippen LogP contribution is 2.19. The Labute approximate surface area is 46.7 Å². The summed E-state index contributed by atoms with van der Waals surface area (Å²) in [5, 5.41) is 0. The molecule has 0 aromatic carbocycles. The molecule has 0 bridgehead atoms. The highest BCUT2D eigenvalue weighted by Gasteiger charge is 2.33. The summed E-state index contributed by atoms with van der Waals surface area (Å²) in [4.78, 5) is 9.39. The molecule has 0 aliphatic carbocycles. The Hall–Kier alpha value is -0.470. The number of hydrogen-bond donors (Lipinski definition) is 0. The van der Waals surface area contributed by atoms with Crippen LogP contribution in [0.2, 0.25) is 0 Å².